The van der Waals surface area contributed by atoms with Crippen molar-refractivity contribution in [3.8, 4) is 0 Å². The maximum Gasteiger partial charge on any atom is 0.116 e. The van der Waals surface area contributed by atoms with Gasteiger partial charge >= 0.3 is 0 Å². The maximum atomic E-state index is 8.39. The van der Waals surface area contributed by atoms with E-state index in [2.05, 4.69) is 39.8 Å². The van der Waals surface area contributed by atoms with E-state index in [0.717, 1.165) is 24.2 Å². The second-order valence-electron chi connectivity index (χ2n) is 6.75. The standard InChI is InChI=1S/C20H22N5.C2H6.CH5N.CH3.Y/c1-4-5-7-17-14(2)23-19(25(17)21)13-24-15(3)20(9-6-10-20)16-8-11-22-12-18(16)24;2*1-2;;/h4-5,7-8,11-12,21H,2-3,6,9-10,13H2,1H3;1-2H3;2H2,1H3;1H3;/q-1;;;-1;/b5-4-,17-7+;;;;. The number of nitrogens with zero attached hydrogens (tertiary/aromatic N) is 4. The number of fused-ring (bicyclic) bond motifs is 2. The number of hydrogen-bond donors (Lipinski definition) is 1. The van der Waals surface area contributed by atoms with Gasteiger partial charge in [0.2, 0.25) is 0 Å². The Morgan fingerprint density at radius 2 is 1.90 bits per heavy atom. The maximum absolute atomic E-state index is 8.39. The zero-order valence-electron chi connectivity index (χ0n) is 19.7. The van der Waals surface area contributed by atoms with E-state index in [9.17, 15) is 0 Å². The van der Waals surface area contributed by atoms with E-state index in [1.807, 2.05) is 51.4 Å². The van der Waals surface area contributed by atoms with Gasteiger partial charge in [0.15, 0.2) is 0 Å². The molecule has 2 aromatic heterocycles. The normalized spacial score (nSPS) is 15.7. The fraction of sp³-hybridized carbons (Fsp3) is 0.375. The molecule has 31 heavy (non-hydrogen) atoms. The molecule has 1 aliphatic carbocycles. The topological polar surface area (TPSA) is 83.8 Å². The predicted octanol–water partition coefficient (Wildman–Crippen LogP) is 3.86. The number of aromatic nitrogens is 3. The summed E-state index contributed by atoms with van der Waals surface area (Å²) in [4.78, 5) is 11.0. The molecule has 7 heteroatoms. The first-order valence-electron chi connectivity index (χ1n) is 10.2. The summed E-state index contributed by atoms with van der Waals surface area (Å²) in [6.45, 7) is 14.8. The molecule has 1 aliphatic heterocycles. The first kappa shape index (κ1) is 29.2. The zero-order chi connectivity index (χ0) is 21.6. The fourth-order valence-corrected chi connectivity index (χ4v) is 3.97. The predicted molar refractivity (Wildman–Crippen MR) is 129 cm³/mol. The Morgan fingerprint density at radius 1 is 1.26 bits per heavy atom. The van der Waals surface area contributed by atoms with Crippen LogP contribution in [0.25, 0.3) is 18.5 Å². The van der Waals surface area contributed by atoms with Crippen LogP contribution in [0.5, 0.6) is 0 Å². The van der Waals surface area contributed by atoms with E-state index in [1.54, 1.807) is 0 Å². The molecule has 167 valence electrons. The van der Waals surface area contributed by atoms with Crippen LogP contribution in [0.1, 0.15) is 51.4 Å². The Bertz CT molecular complexity index is 988. The van der Waals surface area contributed by atoms with Crippen molar-refractivity contribution in [3.63, 3.8) is 0 Å². The summed E-state index contributed by atoms with van der Waals surface area (Å²) in [7, 11) is 1.50. The first-order valence-corrected chi connectivity index (χ1v) is 10.2. The Labute approximate surface area is 212 Å². The molecule has 1 radical (unpaired) electrons. The molecular weight excluding hydrogens is 461 g/mol. The average molecular weight is 498 g/mol. The molecule has 0 saturated heterocycles. The molecule has 4 rings (SSSR count). The molecule has 1 fully saturated rings. The van der Waals surface area contributed by atoms with Crippen LogP contribution in [-0.4, -0.2) is 21.7 Å². The second-order valence-corrected chi connectivity index (χ2v) is 6.75. The van der Waals surface area contributed by atoms with Crippen molar-refractivity contribution in [2.45, 2.75) is 52.0 Å². The van der Waals surface area contributed by atoms with Crippen LogP contribution < -0.4 is 21.3 Å². The quantitative estimate of drug-likeness (QED) is 0.653. The molecule has 3 N–H and O–H groups in total. The minimum atomic E-state index is 0. The van der Waals surface area contributed by atoms with Gasteiger partial charge in [-0.25, -0.2) is 4.98 Å². The minimum absolute atomic E-state index is 0. The van der Waals surface area contributed by atoms with E-state index in [-0.39, 0.29) is 45.6 Å². The Balaban J connectivity index is 0.00000142. The number of nitrogens with two attached hydrogens (primary N) is 1. The monoisotopic (exact) mass is 497 g/mol. The van der Waals surface area contributed by atoms with Gasteiger partial charge in [-0.15, -0.1) is 0 Å². The van der Waals surface area contributed by atoms with E-state index in [1.165, 1.54) is 23.7 Å². The Hall–Kier alpha value is -1.76. The molecule has 0 bridgehead atoms. The van der Waals surface area contributed by atoms with Crippen molar-refractivity contribution in [2.24, 2.45) is 5.73 Å². The third kappa shape index (κ3) is 5.19. The summed E-state index contributed by atoms with van der Waals surface area (Å²) in [5.41, 5.74) is 8.08. The summed E-state index contributed by atoms with van der Waals surface area (Å²) in [5, 5.41) is 1.33. The van der Waals surface area contributed by atoms with Crippen LogP contribution in [0.4, 0.5) is 5.69 Å². The van der Waals surface area contributed by atoms with Crippen molar-refractivity contribution in [1.82, 2.24) is 14.6 Å². The van der Waals surface area contributed by atoms with E-state index in [0.29, 0.717) is 23.1 Å². The molecule has 0 amide bonds. The zero-order valence-corrected chi connectivity index (χ0v) is 22.5. The van der Waals surface area contributed by atoms with E-state index < -0.39 is 0 Å². The molecule has 0 atom stereocenters. The second kappa shape index (κ2) is 12.9. The smallest absolute Gasteiger partial charge is 0.116 e. The Morgan fingerprint density at radius 3 is 2.45 bits per heavy atom. The third-order valence-corrected chi connectivity index (χ3v) is 5.50. The van der Waals surface area contributed by atoms with Crippen LogP contribution in [0.15, 0.2) is 42.9 Å². The van der Waals surface area contributed by atoms with Gasteiger partial charge in [-0.3, -0.25) is 4.98 Å². The molecule has 1 spiro atoms. The minimum Gasteiger partial charge on any atom is -0.630 e. The van der Waals surface area contributed by atoms with Gasteiger partial charge in [0, 0.05) is 50.0 Å². The van der Waals surface area contributed by atoms with Crippen molar-refractivity contribution >= 4 is 18.3 Å². The van der Waals surface area contributed by atoms with E-state index in [4.69, 9.17) is 5.84 Å². The van der Waals surface area contributed by atoms with Gasteiger partial charge in [0.25, 0.3) is 0 Å². The van der Waals surface area contributed by atoms with Gasteiger partial charge in [0.1, 0.15) is 5.82 Å². The number of hydrogen-bond acceptors (Lipinski definition) is 4. The van der Waals surface area contributed by atoms with Gasteiger partial charge < -0.3 is 28.6 Å². The third-order valence-electron chi connectivity index (χ3n) is 5.50. The van der Waals surface area contributed by atoms with Crippen LogP contribution >= 0.6 is 0 Å². The average Bonchev–Trinajstić information content (AvgIpc) is 3.14. The molecule has 0 aromatic carbocycles. The molecule has 2 aliphatic rings. The molecule has 6 nitrogen and oxygen atoms in total. The van der Waals surface area contributed by atoms with Crippen LogP contribution in [-0.2, 0) is 44.7 Å². The van der Waals surface area contributed by atoms with Crippen LogP contribution in [0.3, 0.4) is 0 Å². The van der Waals surface area contributed by atoms with Crippen molar-refractivity contribution in [2.75, 3.05) is 11.9 Å². The summed E-state index contributed by atoms with van der Waals surface area (Å²) in [6, 6.07) is 2.12. The molecule has 3 heterocycles. The summed E-state index contributed by atoms with van der Waals surface area (Å²) in [5.74, 6) is 9.05. The summed E-state index contributed by atoms with van der Waals surface area (Å²) >= 11 is 0. The van der Waals surface area contributed by atoms with Crippen molar-refractivity contribution < 1.29 is 32.7 Å². The molecule has 1 saturated carbocycles. The first-order chi connectivity index (χ1) is 14.1. The number of imidazole rings is 1. The number of nitrogens with one attached hydrogen (secondary N) is 1. The SMILES string of the molecule is C=C1N(Cc2nc(=C)/c(=C\C=C/C)n2[NH-])c2cnccc2C12CCC2.CC.CN.[CH3-].[Y]. The van der Waals surface area contributed by atoms with Gasteiger partial charge in [-0.2, -0.15) is 0 Å². The van der Waals surface area contributed by atoms with Crippen molar-refractivity contribution in [1.29, 1.82) is 0 Å². The van der Waals surface area contributed by atoms with Gasteiger partial charge in [-0.05, 0) is 44.5 Å². The molecule has 0 unspecified atom stereocenters. The summed E-state index contributed by atoms with van der Waals surface area (Å²) in [6.07, 6.45) is 13.0. The largest absolute Gasteiger partial charge is 0.630 e. The number of rotatable bonds is 3. The van der Waals surface area contributed by atoms with Crippen molar-refractivity contribution in [3.05, 3.63) is 78.2 Å². The number of allylic oxidation sites excluding steroid dienone is 3. The number of pyridine rings is 1. The number of anilines is 1. The molecular formula is C24H36N6Y-2. The van der Waals surface area contributed by atoms with Crippen LogP contribution in [0.2, 0.25) is 0 Å². The van der Waals surface area contributed by atoms with Gasteiger partial charge in [-0.1, -0.05) is 45.6 Å². The summed E-state index contributed by atoms with van der Waals surface area (Å²) < 4.78 is 1.37. The van der Waals surface area contributed by atoms with E-state index >= 15 is 0 Å². The Kier molecular flexibility index (Phi) is 12.2. The van der Waals surface area contributed by atoms with Crippen LogP contribution in [0, 0.1) is 7.43 Å². The fourth-order valence-electron chi connectivity index (χ4n) is 3.97. The van der Waals surface area contributed by atoms with Gasteiger partial charge in [0.05, 0.1) is 29.1 Å². The molecule has 2 aromatic rings.